The minimum absolute atomic E-state index is 0.0176. The first-order chi connectivity index (χ1) is 15.5. The highest BCUT2D eigenvalue weighted by molar-refractivity contribution is 5.34. The lowest BCUT2D eigenvalue weighted by Gasteiger charge is -2.40. The molecule has 6 nitrogen and oxygen atoms in total. The molecule has 33 heavy (non-hydrogen) atoms. The maximum Gasteiger partial charge on any atom is 0.522 e. The van der Waals surface area contributed by atoms with Crippen LogP contribution in [0.2, 0.25) is 0 Å². The molecule has 2 aliphatic rings. The smallest absolute Gasteiger partial charge is 0.381 e. The number of hydrogen-bond acceptors (Lipinski definition) is 5. The molecule has 1 N–H and O–H groups in total. The molecule has 0 saturated heterocycles. The van der Waals surface area contributed by atoms with Gasteiger partial charge in [-0.2, -0.15) is 5.10 Å². The minimum Gasteiger partial charge on any atom is -0.381 e. The Labute approximate surface area is 191 Å². The molecular weight excluding hydrogens is 447 g/mol. The first kappa shape index (κ1) is 26.3. The third-order valence-electron chi connectivity index (χ3n) is 6.75. The van der Waals surface area contributed by atoms with Gasteiger partial charge in [-0.1, -0.05) is 0 Å². The number of hydrogen-bond donors (Lipinski definition) is 1. The fraction of sp³-hybridized carbons (Fsp3) is 0.864. The molecule has 1 aliphatic carbocycles. The molecule has 0 radical (unpaired) electrons. The van der Waals surface area contributed by atoms with Gasteiger partial charge in [-0.15, -0.1) is 13.2 Å². The number of likely N-dealkylation sites (N-methyl/N-ethyl adjacent to an activating group) is 2. The Balaban J connectivity index is 1.78. The maximum absolute atomic E-state index is 14.1. The number of nitrogens with zero attached hydrogens (tertiary/aromatic N) is 3. The van der Waals surface area contributed by atoms with E-state index in [2.05, 4.69) is 20.1 Å². The number of alkyl halides is 5. The van der Waals surface area contributed by atoms with E-state index in [1.54, 1.807) is 6.92 Å². The summed E-state index contributed by atoms with van der Waals surface area (Å²) in [6.45, 7) is 3.65. The second kappa shape index (κ2) is 10.5. The van der Waals surface area contributed by atoms with Crippen LogP contribution in [-0.2, 0) is 29.0 Å². The SMILES string of the molecule is CCOCC1(COC(F)(F)F)CCC(c2c(CN(C)CCNC)nn3c2CC(F)(F)C3)CC1. The van der Waals surface area contributed by atoms with Crippen molar-refractivity contribution >= 4 is 0 Å². The lowest BCUT2D eigenvalue weighted by atomic mass is 9.69. The zero-order valence-corrected chi connectivity index (χ0v) is 19.6. The van der Waals surface area contributed by atoms with Crippen LogP contribution in [0, 0.1) is 5.41 Å². The standard InChI is InChI=1S/C22H35F5N4O2/c1-4-32-14-20(15-33-22(25,26)27)7-5-16(6-8-20)19-17(12-30(3)10-9-28-2)29-31-13-21(23,24)11-18(19)31/h16,28H,4-15H2,1-3H3. The van der Waals surface area contributed by atoms with Crippen molar-refractivity contribution in [2.75, 3.05) is 47.0 Å². The van der Waals surface area contributed by atoms with Crippen molar-refractivity contribution in [2.45, 2.75) is 70.3 Å². The van der Waals surface area contributed by atoms with Crippen molar-refractivity contribution in [1.82, 2.24) is 20.0 Å². The van der Waals surface area contributed by atoms with Crippen molar-refractivity contribution in [3.8, 4) is 0 Å². The molecule has 3 rings (SSSR count). The van der Waals surface area contributed by atoms with E-state index in [-0.39, 0.29) is 18.9 Å². The molecule has 0 amide bonds. The Morgan fingerprint density at radius 3 is 2.52 bits per heavy atom. The van der Waals surface area contributed by atoms with Gasteiger partial charge in [0.05, 0.1) is 25.3 Å². The normalized spacial score (nSPS) is 25.1. The van der Waals surface area contributed by atoms with E-state index < -0.39 is 30.9 Å². The molecule has 1 aromatic heterocycles. The highest BCUT2D eigenvalue weighted by Gasteiger charge is 2.45. The molecule has 0 bridgehead atoms. The van der Waals surface area contributed by atoms with Gasteiger partial charge in [0.2, 0.25) is 0 Å². The summed E-state index contributed by atoms with van der Waals surface area (Å²) >= 11 is 0. The molecule has 11 heteroatoms. The zero-order chi connectivity index (χ0) is 24.3. The van der Waals surface area contributed by atoms with Crippen LogP contribution >= 0.6 is 0 Å². The van der Waals surface area contributed by atoms with Crippen LogP contribution in [0.1, 0.15) is 55.5 Å². The van der Waals surface area contributed by atoms with Gasteiger partial charge in [0.15, 0.2) is 0 Å². The molecule has 0 unspecified atom stereocenters. The Kier molecular flexibility index (Phi) is 8.40. The van der Waals surface area contributed by atoms with Gasteiger partial charge >= 0.3 is 6.36 Å². The average molecular weight is 483 g/mol. The highest BCUT2D eigenvalue weighted by atomic mass is 19.4. The summed E-state index contributed by atoms with van der Waals surface area (Å²) in [5.41, 5.74) is 1.51. The number of aromatic nitrogens is 2. The molecule has 0 aromatic carbocycles. The fourth-order valence-corrected chi connectivity index (χ4v) is 5.03. The van der Waals surface area contributed by atoms with Gasteiger partial charge in [0.25, 0.3) is 5.92 Å². The Morgan fingerprint density at radius 1 is 1.21 bits per heavy atom. The number of halogens is 5. The second-order valence-corrected chi connectivity index (χ2v) is 9.48. The average Bonchev–Trinajstić information content (AvgIpc) is 3.20. The van der Waals surface area contributed by atoms with E-state index in [0.29, 0.717) is 44.5 Å². The number of ether oxygens (including phenoxy) is 2. The van der Waals surface area contributed by atoms with E-state index >= 15 is 0 Å². The second-order valence-electron chi connectivity index (χ2n) is 9.48. The van der Waals surface area contributed by atoms with E-state index in [0.717, 1.165) is 24.3 Å². The number of rotatable bonds is 11. The summed E-state index contributed by atoms with van der Waals surface area (Å²) in [5.74, 6) is -2.84. The number of nitrogens with one attached hydrogen (secondary N) is 1. The van der Waals surface area contributed by atoms with E-state index in [9.17, 15) is 22.0 Å². The van der Waals surface area contributed by atoms with Crippen molar-refractivity contribution < 1.29 is 31.4 Å². The summed E-state index contributed by atoms with van der Waals surface area (Å²) in [7, 11) is 3.83. The maximum atomic E-state index is 14.1. The first-order valence-corrected chi connectivity index (χ1v) is 11.6. The monoisotopic (exact) mass is 482 g/mol. The van der Waals surface area contributed by atoms with E-state index in [1.165, 1.54) is 4.68 Å². The molecule has 190 valence electrons. The summed E-state index contributed by atoms with van der Waals surface area (Å²) in [4.78, 5) is 2.09. The van der Waals surface area contributed by atoms with Gasteiger partial charge in [-0.25, -0.2) is 8.78 Å². The van der Waals surface area contributed by atoms with Crippen molar-refractivity contribution in [1.29, 1.82) is 0 Å². The summed E-state index contributed by atoms with van der Waals surface area (Å²) in [6.07, 6.45) is -2.90. The predicted octanol–water partition coefficient (Wildman–Crippen LogP) is 3.94. The summed E-state index contributed by atoms with van der Waals surface area (Å²) < 4.78 is 77.6. The fourth-order valence-electron chi connectivity index (χ4n) is 5.03. The Morgan fingerprint density at radius 2 is 1.91 bits per heavy atom. The lowest BCUT2D eigenvalue weighted by molar-refractivity contribution is -0.336. The van der Waals surface area contributed by atoms with Crippen LogP contribution < -0.4 is 5.32 Å². The number of fused-ring (bicyclic) bond motifs is 1. The zero-order valence-electron chi connectivity index (χ0n) is 19.6. The van der Waals surface area contributed by atoms with Gasteiger partial charge in [-0.3, -0.25) is 14.3 Å². The van der Waals surface area contributed by atoms with Gasteiger partial charge in [0.1, 0.15) is 6.54 Å². The van der Waals surface area contributed by atoms with Crippen LogP contribution in [0.5, 0.6) is 0 Å². The van der Waals surface area contributed by atoms with E-state index in [4.69, 9.17) is 4.74 Å². The largest absolute Gasteiger partial charge is 0.522 e. The quantitative estimate of drug-likeness (QED) is 0.485. The van der Waals surface area contributed by atoms with Crippen molar-refractivity contribution in [2.24, 2.45) is 5.41 Å². The highest BCUT2D eigenvalue weighted by Crippen LogP contribution is 2.47. The van der Waals surface area contributed by atoms with Crippen molar-refractivity contribution in [3.63, 3.8) is 0 Å². The van der Waals surface area contributed by atoms with E-state index in [1.807, 2.05) is 14.1 Å². The predicted molar refractivity (Wildman–Crippen MR) is 113 cm³/mol. The first-order valence-electron chi connectivity index (χ1n) is 11.6. The van der Waals surface area contributed by atoms with Crippen LogP contribution in [-0.4, -0.2) is 74.0 Å². The minimum atomic E-state index is -4.69. The van der Waals surface area contributed by atoms with Crippen LogP contribution in [0.15, 0.2) is 0 Å². The molecule has 2 heterocycles. The summed E-state index contributed by atoms with van der Waals surface area (Å²) in [5, 5.41) is 7.63. The van der Waals surface area contributed by atoms with Gasteiger partial charge in [0, 0.05) is 42.9 Å². The lowest BCUT2D eigenvalue weighted by Crippen LogP contribution is -2.38. The third kappa shape index (κ3) is 6.86. The summed E-state index contributed by atoms with van der Waals surface area (Å²) in [6, 6.07) is 0. The molecule has 1 saturated carbocycles. The van der Waals surface area contributed by atoms with Gasteiger partial charge in [-0.05, 0) is 52.6 Å². The molecule has 1 fully saturated rings. The molecule has 0 atom stereocenters. The molecule has 0 spiro atoms. The molecule has 1 aromatic rings. The molecule has 1 aliphatic heterocycles. The van der Waals surface area contributed by atoms with Crippen LogP contribution in [0.3, 0.4) is 0 Å². The van der Waals surface area contributed by atoms with Crippen LogP contribution in [0.4, 0.5) is 22.0 Å². The third-order valence-corrected chi connectivity index (χ3v) is 6.75. The topological polar surface area (TPSA) is 51.6 Å². The Bertz CT molecular complexity index is 776. The molecular formula is C22H35F5N4O2. The van der Waals surface area contributed by atoms with Crippen LogP contribution in [0.25, 0.3) is 0 Å². The van der Waals surface area contributed by atoms with Crippen molar-refractivity contribution in [3.05, 3.63) is 17.0 Å². The Hall–Kier alpha value is -1.30. The van der Waals surface area contributed by atoms with Gasteiger partial charge < -0.3 is 10.1 Å².